The molecule has 2 aliphatic rings. The average Bonchev–Trinajstić information content (AvgIpc) is 3.17. The number of rotatable bonds is 7. The second-order valence-electron chi connectivity index (χ2n) is 8.29. The van der Waals surface area contributed by atoms with Gasteiger partial charge in [0.15, 0.2) is 9.84 Å². The molecule has 168 valence electrons. The number of benzene rings is 2. The molecule has 0 spiro atoms. The molecule has 1 atom stereocenters. The standard InChI is InChI=1S/C24H27N3O4S/c28-23-12-11-22(25-27(23)21-14-16-32(30,31)18-21)24(29)26(17-20-9-5-2-6-10-20)15-13-19-7-3-1-4-8-19/h1-10,21H,11-18H2. The summed E-state index contributed by atoms with van der Waals surface area (Å²) >= 11 is 0. The van der Waals surface area contributed by atoms with Gasteiger partial charge in [-0.05, 0) is 24.0 Å². The normalized spacial score (nSPS) is 20.1. The average molecular weight is 454 g/mol. The van der Waals surface area contributed by atoms with E-state index >= 15 is 0 Å². The fraction of sp³-hybridized carbons (Fsp3) is 0.375. The molecule has 4 rings (SSSR count). The van der Waals surface area contributed by atoms with Crippen LogP contribution in [0.4, 0.5) is 0 Å². The molecule has 0 N–H and O–H groups in total. The highest BCUT2D eigenvalue weighted by molar-refractivity contribution is 7.91. The summed E-state index contributed by atoms with van der Waals surface area (Å²) in [5.41, 5.74) is 2.47. The van der Waals surface area contributed by atoms with Crippen molar-refractivity contribution in [3.05, 3.63) is 71.8 Å². The molecule has 1 unspecified atom stereocenters. The van der Waals surface area contributed by atoms with Gasteiger partial charge in [-0.2, -0.15) is 5.10 Å². The number of carbonyl (C=O) groups excluding carboxylic acids is 2. The molecule has 7 nitrogen and oxygen atoms in total. The van der Waals surface area contributed by atoms with E-state index < -0.39 is 15.9 Å². The van der Waals surface area contributed by atoms with Crippen molar-refractivity contribution >= 4 is 27.4 Å². The first kappa shape index (κ1) is 22.2. The van der Waals surface area contributed by atoms with E-state index in [2.05, 4.69) is 5.10 Å². The molecule has 0 aromatic heterocycles. The van der Waals surface area contributed by atoms with Gasteiger partial charge in [-0.3, -0.25) is 9.59 Å². The molecule has 2 aliphatic heterocycles. The Labute approximate surface area is 188 Å². The zero-order valence-corrected chi connectivity index (χ0v) is 18.7. The first-order chi connectivity index (χ1) is 15.4. The molecule has 0 bridgehead atoms. The van der Waals surface area contributed by atoms with Gasteiger partial charge >= 0.3 is 0 Å². The molecule has 2 aromatic rings. The number of carbonyl (C=O) groups is 2. The van der Waals surface area contributed by atoms with Gasteiger partial charge in [0.1, 0.15) is 5.71 Å². The Morgan fingerprint density at radius 2 is 1.66 bits per heavy atom. The lowest BCUT2D eigenvalue weighted by molar-refractivity contribution is -0.134. The van der Waals surface area contributed by atoms with Crippen LogP contribution >= 0.6 is 0 Å². The zero-order valence-electron chi connectivity index (χ0n) is 17.9. The van der Waals surface area contributed by atoms with Crippen LogP contribution in [0, 0.1) is 0 Å². The van der Waals surface area contributed by atoms with Crippen molar-refractivity contribution < 1.29 is 18.0 Å². The molecule has 8 heteroatoms. The molecule has 0 saturated carbocycles. The van der Waals surface area contributed by atoms with Crippen molar-refractivity contribution in [1.82, 2.24) is 9.91 Å². The predicted molar refractivity (Wildman–Crippen MR) is 123 cm³/mol. The second-order valence-corrected chi connectivity index (χ2v) is 10.5. The molecule has 2 heterocycles. The largest absolute Gasteiger partial charge is 0.333 e. The van der Waals surface area contributed by atoms with E-state index in [0.29, 0.717) is 31.6 Å². The van der Waals surface area contributed by atoms with E-state index in [1.54, 1.807) is 4.90 Å². The van der Waals surface area contributed by atoms with Gasteiger partial charge in [0.2, 0.25) is 5.91 Å². The third-order valence-corrected chi connectivity index (χ3v) is 7.63. The number of sulfone groups is 1. The van der Waals surface area contributed by atoms with Crippen molar-refractivity contribution in [3.8, 4) is 0 Å². The summed E-state index contributed by atoms with van der Waals surface area (Å²) in [4.78, 5) is 27.7. The third kappa shape index (κ3) is 5.43. The summed E-state index contributed by atoms with van der Waals surface area (Å²) in [7, 11) is -3.16. The Kier molecular flexibility index (Phi) is 6.69. The minimum atomic E-state index is -3.16. The van der Waals surface area contributed by atoms with Gasteiger partial charge in [0.25, 0.3) is 5.91 Å². The summed E-state index contributed by atoms with van der Waals surface area (Å²) in [6.45, 7) is 0.958. The van der Waals surface area contributed by atoms with E-state index in [1.807, 2.05) is 60.7 Å². The molecular formula is C24H27N3O4S. The maximum absolute atomic E-state index is 13.5. The topological polar surface area (TPSA) is 87.1 Å². The third-order valence-electron chi connectivity index (χ3n) is 5.88. The molecule has 32 heavy (non-hydrogen) atoms. The molecule has 2 amide bonds. The van der Waals surface area contributed by atoms with Crippen LogP contribution in [0.3, 0.4) is 0 Å². The Balaban J connectivity index is 1.54. The molecule has 1 fully saturated rings. The summed E-state index contributed by atoms with van der Waals surface area (Å²) in [6.07, 6.45) is 1.50. The lowest BCUT2D eigenvalue weighted by Gasteiger charge is -2.30. The summed E-state index contributed by atoms with van der Waals surface area (Å²) < 4.78 is 23.8. The van der Waals surface area contributed by atoms with Gasteiger partial charge in [-0.1, -0.05) is 60.7 Å². The maximum atomic E-state index is 13.5. The Morgan fingerprint density at radius 3 is 2.28 bits per heavy atom. The zero-order chi connectivity index (χ0) is 22.6. The van der Waals surface area contributed by atoms with Gasteiger partial charge < -0.3 is 4.90 Å². The van der Waals surface area contributed by atoms with Crippen LogP contribution in [-0.2, 0) is 32.4 Å². The number of hydrogen-bond donors (Lipinski definition) is 0. The molecule has 0 radical (unpaired) electrons. The highest BCUT2D eigenvalue weighted by Crippen LogP contribution is 2.23. The van der Waals surface area contributed by atoms with Crippen molar-refractivity contribution in [1.29, 1.82) is 0 Å². The van der Waals surface area contributed by atoms with E-state index in [4.69, 9.17) is 0 Å². The molecular weight excluding hydrogens is 426 g/mol. The van der Waals surface area contributed by atoms with Crippen molar-refractivity contribution in [3.63, 3.8) is 0 Å². The minimum Gasteiger partial charge on any atom is -0.333 e. The van der Waals surface area contributed by atoms with Crippen molar-refractivity contribution in [2.24, 2.45) is 5.10 Å². The van der Waals surface area contributed by atoms with E-state index in [-0.39, 0.29) is 36.2 Å². The second kappa shape index (κ2) is 9.65. The number of nitrogens with zero attached hydrogens (tertiary/aromatic N) is 3. The van der Waals surface area contributed by atoms with Gasteiger partial charge in [-0.25, -0.2) is 13.4 Å². The first-order valence-electron chi connectivity index (χ1n) is 10.9. The summed E-state index contributed by atoms with van der Waals surface area (Å²) in [6, 6.07) is 19.3. The van der Waals surface area contributed by atoms with E-state index in [9.17, 15) is 18.0 Å². The number of amides is 2. The van der Waals surface area contributed by atoms with Crippen LogP contribution in [-0.4, -0.2) is 59.9 Å². The summed E-state index contributed by atoms with van der Waals surface area (Å²) in [5, 5.41) is 5.62. The van der Waals surface area contributed by atoms with Crippen LogP contribution in [0.25, 0.3) is 0 Å². The van der Waals surface area contributed by atoms with Gasteiger partial charge in [0, 0.05) is 25.9 Å². The highest BCUT2D eigenvalue weighted by atomic mass is 32.2. The lowest BCUT2D eigenvalue weighted by Crippen LogP contribution is -2.45. The van der Waals surface area contributed by atoms with Gasteiger partial charge in [-0.15, -0.1) is 0 Å². The maximum Gasteiger partial charge on any atom is 0.270 e. The van der Waals surface area contributed by atoms with Crippen LogP contribution in [0.2, 0.25) is 0 Å². The fourth-order valence-corrected chi connectivity index (χ4v) is 5.82. The van der Waals surface area contributed by atoms with Crippen LogP contribution < -0.4 is 0 Å². The molecule has 0 aliphatic carbocycles. The highest BCUT2D eigenvalue weighted by Gasteiger charge is 2.37. The SMILES string of the molecule is O=C(C1=NN(C2CCS(=O)(=O)C2)C(=O)CC1)N(CCc1ccccc1)Cc1ccccc1. The van der Waals surface area contributed by atoms with Crippen molar-refractivity contribution in [2.75, 3.05) is 18.1 Å². The van der Waals surface area contributed by atoms with Gasteiger partial charge in [0.05, 0.1) is 17.5 Å². The Bertz CT molecular complexity index is 1100. The number of hydrogen-bond acceptors (Lipinski definition) is 5. The van der Waals surface area contributed by atoms with E-state index in [1.165, 1.54) is 5.01 Å². The van der Waals surface area contributed by atoms with Crippen LogP contribution in [0.15, 0.2) is 65.8 Å². The predicted octanol–water partition coefficient (Wildman–Crippen LogP) is 2.42. The van der Waals surface area contributed by atoms with Crippen LogP contribution in [0.1, 0.15) is 30.4 Å². The Hall–Kier alpha value is -3.00. The first-order valence-corrected chi connectivity index (χ1v) is 12.7. The summed E-state index contributed by atoms with van der Waals surface area (Å²) in [5.74, 6) is -0.464. The fourth-order valence-electron chi connectivity index (χ4n) is 4.13. The molecule has 1 saturated heterocycles. The smallest absolute Gasteiger partial charge is 0.270 e. The minimum absolute atomic E-state index is 0.0530. The Morgan fingerprint density at radius 1 is 1.00 bits per heavy atom. The van der Waals surface area contributed by atoms with Crippen LogP contribution in [0.5, 0.6) is 0 Å². The van der Waals surface area contributed by atoms with E-state index in [0.717, 1.165) is 11.1 Å². The quantitative estimate of drug-likeness (QED) is 0.644. The molecule has 2 aromatic carbocycles. The monoisotopic (exact) mass is 453 g/mol. The lowest BCUT2D eigenvalue weighted by atomic mass is 10.1. The van der Waals surface area contributed by atoms with Crippen molar-refractivity contribution in [2.45, 2.75) is 38.3 Å². The number of hydrazone groups is 1.